The van der Waals surface area contributed by atoms with Gasteiger partial charge in [-0.25, -0.2) is 14.4 Å². The smallest absolute Gasteiger partial charge is 0.274 e. The second kappa shape index (κ2) is 8.45. The first-order chi connectivity index (χ1) is 12.5. The molecule has 5 nitrogen and oxygen atoms in total. The van der Waals surface area contributed by atoms with Crippen molar-refractivity contribution in [3.63, 3.8) is 0 Å². The Morgan fingerprint density at radius 1 is 1.15 bits per heavy atom. The third kappa shape index (κ3) is 4.91. The lowest BCUT2D eigenvalue weighted by Crippen LogP contribution is -2.21. The molecule has 0 unspecified atom stereocenters. The molecule has 138 valence electrons. The van der Waals surface area contributed by atoms with E-state index in [2.05, 4.69) is 20.6 Å². The van der Waals surface area contributed by atoms with Crippen molar-refractivity contribution in [2.24, 2.45) is 0 Å². The van der Waals surface area contributed by atoms with Crippen LogP contribution in [0.3, 0.4) is 0 Å². The number of nitrogens with one attached hydrogen (secondary N) is 2. The van der Waals surface area contributed by atoms with Crippen LogP contribution in [-0.2, 0) is 0 Å². The topological polar surface area (TPSA) is 66.9 Å². The van der Waals surface area contributed by atoms with Gasteiger partial charge in [0.05, 0.1) is 5.02 Å². The highest BCUT2D eigenvalue weighted by Crippen LogP contribution is 2.22. The molecule has 1 saturated carbocycles. The minimum atomic E-state index is -0.530. The van der Waals surface area contributed by atoms with E-state index in [1.165, 1.54) is 43.9 Å². The highest BCUT2D eigenvalue weighted by molar-refractivity contribution is 6.31. The van der Waals surface area contributed by atoms with Gasteiger partial charge in [-0.05, 0) is 38.0 Å². The molecule has 0 bridgehead atoms. The molecule has 3 rings (SSSR count). The Balaban J connectivity index is 1.73. The van der Waals surface area contributed by atoms with E-state index >= 15 is 0 Å². The summed E-state index contributed by atoms with van der Waals surface area (Å²) in [6.07, 6.45) is 7.18. The van der Waals surface area contributed by atoms with E-state index in [1.807, 2.05) is 0 Å². The van der Waals surface area contributed by atoms with E-state index in [9.17, 15) is 9.18 Å². The molecule has 0 spiro atoms. The largest absolute Gasteiger partial charge is 0.367 e. The standard InChI is InChI=1S/C19H22ClFN4O/c1-12-22-17(19(26)25-14-8-9-16(21)15(20)10-14)11-18(23-12)24-13-6-4-2-3-5-7-13/h8-11,13H,2-7H2,1H3,(H,25,26)(H,22,23,24). The summed E-state index contributed by atoms with van der Waals surface area (Å²) in [6, 6.07) is 6.06. The number of anilines is 2. The highest BCUT2D eigenvalue weighted by Gasteiger charge is 2.16. The molecule has 0 radical (unpaired) electrons. The van der Waals surface area contributed by atoms with E-state index in [0.717, 1.165) is 12.8 Å². The van der Waals surface area contributed by atoms with Gasteiger partial charge in [0.2, 0.25) is 0 Å². The van der Waals surface area contributed by atoms with Gasteiger partial charge in [-0.3, -0.25) is 4.79 Å². The Labute approximate surface area is 157 Å². The van der Waals surface area contributed by atoms with Gasteiger partial charge in [-0.15, -0.1) is 0 Å². The number of carbonyl (C=O) groups excluding carboxylic acids is 1. The van der Waals surface area contributed by atoms with Crippen molar-refractivity contribution in [1.82, 2.24) is 9.97 Å². The van der Waals surface area contributed by atoms with Crippen LogP contribution in [0.25, 0.3) is 0 Å². The van der Waals surface area contributed by atoms with E-state index in [0.29, 0.717) is 23.4 Å². The van der Waals surface area contributed by atoms with Crippen molar-refractivity contribution in [3.05, 3.63) is 46.6 Å². The maximum atomic E-state index is 13.2. The molecule has 1 fully saturated rings. The number of amides is 1. The monoisotopic (exact) mass is 376 g/mol. The minimum Gasteiger partial charge on any atom is -0.367 e. The van der Waals surface area contributed by atoms with Crippen molar-refractivity contribution < 1.29 is 9.18 Å². The first-order valence-electron chi connectivity index (χ1n) is 8.90. The van der Waals surface area contributed by atoms with E-state index < -0.39 is 5.82 Å². The molecule has 1 heterocycles. The molecule has 1 aliphatic rings. The highest BCUT2D eigenvalue weighted by atomic mass is 35.5. The predicted molar refractivity (Wildman–Crippen MR) is 101 cm³/mol. The molecule has 2 N–H and O–H groups in total. The van der Waals surface area contributed by atoms with Crippen molar-refractivity contribution in [2.45, 2.75) is 51.5 Å². The van der Waals surface area contributed by atoms with Crippen LogP contribution in [0, 0.1) is 12.7 Å². The fourth-order valence-corrected chi connectivity index (χ4v) is 3.34. The maximum absolute atomic E-state index is 13.2. The van der Waals surface area contributed by atoms with Gasteiger partial charge in [0.25, 0.3) is 5.91 Å². The number of benzene rings is 1. The maximum Gasteiger partial charge on any atom is 0.274 e. The minimum absolute atomic E-state index is 0.0441. The summed E-state index contributed by atoms with van der Waals surface area (Å²) in [5, 5.41) is 6.08. The van der Waals surface area contributed by atoms with Crippen molar-refractivity contribution in [2.75, 3.05) is 10.6 Å². The van der Waals surface area contributed by atoms with Crippen LogP contribution in [-0.4, -0.2) is 21.9 Å². The van der Waals surface area contributed by atoms with Crippen LogP contribution in [0.5, 0.6) is 0 Å². The first-order valence-corrected chi connectivity index (χ1v) is 9.28. The fraction of sp³-hybridized carbons (Fsp3) is 0.421. The van der Waals surface area contributed by atoms with Crippen molar-refractivity contribution in [3.8, 4) is 0 Å². The fourth-order valence-electron chi connectivity index (χ4n) is 3.16. The van der Waals surface area contributed by atoms with Gasteiger partial charge in [-0.1, -0.05) is 37.3 Å². The number of halogens is 2. The average Bonchev–Trinajstić information content (AvgIpc) is 2.86. The Bertz CT molecular complexity index is 791. The summed E-state index contributed by atoms with van der Waals surface area (Å²) in [5.74, 6) is 0.261. The van der Waals surface area contributed by atoms with Gasteiger partial charge in [0, 0.05) is 17.8 Å². The average molecular weight is 377 g/mol. The summed E-state index contributed by atoms with van der Waals surface area (Å²) in [5.41, 5.74) is 0.671. The summed E-state index contributed by atoms with van der Waals surface area (Å²) in [7, 11) is 0. The molecule has 7 heteroatoms. The Morgan fingerprint density at radius 3 is 2.58 bits per heavy atom. The lowest BCUT2D eigenvalue weighted by atomic mass is 10.1. The molecule has 1 amide bonds. The molecule has 1 aromatic heterocycles. The Kier molecular flexibility index (Phi) is 6.04. The molecule has 0 atom stereocenters. The summed E-state index contributed by atoms with van der Waals surface area (Å²) in [4.78, 5) is 21.1. The zero-order valence-electron chi connectivity index (χ0n) is 14.7. The number of hydrogen-bond acceptors (Lipinski definition) is 4. The zero-order valence-corrected chi connectivity index (χ0v) is 15.4. The molecule has 0 aliphatic heterocycles. The van der Waals surface area contributed by atoms with Crippen LogP contribution in [0.15, 0.2) is 24.3 Å². The van der Waals surface area contributed by atoms with E-state index in [-0.39, 0.29) is 16.6 Å². The number of nitrogens with zero attached hydrogens (tertiary/aromatic N) is 2. The van der Waals surface area contributed by atoms with Crippen molar-refractivity contribution in [1.29, 1.82) is 0 Å². The molecule has 2 aromatic rings. The first kappa shape index (κ1) is 18.6. The number of carbonyl (C=O) groups is 1. The number of rotatable bonds is 4. The van der Waals surface area contributed by atoms with Gasteiger partial charge >= 0.3 is 0 Å². The number of hydrogen-bond donors (Lipinski definition) is 2. The normalized spacial score (nSPS) is 15.3. The van der Waals surface area contributed by atoms with Gasteiger partial charge < -0.3 is 10.6 Å². The zero-order chi connectivity index (χ0) is 18.5. The lowest BCUT2D eigenvalue weighted by Gasteiger charge is -2.17. The Hall–Kier alpha value is -2.21. The second-order valence-electron chi connectivity index (χ2n) is 6.60. The lowest BCUT2D eigenvalue weighted by molar-refractivity contribution is 0.102. The molecular formula is C19H22ClFN4O. The molecule has 1 aromatic carbocycles. The summed E-state index contributed by atoms with van der Waals surface area (Å²) in [6.45, 7) is 1.75. The number of aryl methyl sites for hydroxylation is 1. The molecule has 1 aliphatic carbocycles. The van der Waals surface area contributed by atoms with E-state index in [1.54, 1.807) is 13.0 Å². The second-order valence-corrected chi connectivity index (χ2v) is 7.01. The third-order valence-electron chi connectivity index (χ3n) is 4.46. The summed E-state index contributed by atoms with van der Waals surface area (Å²) < 4.78 is 13.2. The van der Waals surface area contributed by atoms with Crippen LogP contribution in [0.4, 0.5) is 15.9 Å². The van der Waals surface area contributed by atoms with Crippen molar-refractivity contribution >= 4 is 29.0 Å². The molecule has 26 heavy (non-hydrogen) atoms. The predicted octanol–water partition coefficient (Wildman–Crippen LogP) is 4.96. The van der Waals surface area contributed by atoms with E-state index in [4.69, 9.17) is 11.6 Å². The van der Waals surface area contributed by atoms with Crippen LogP contribution in [0.1, 0.15) is 54.8 Å². The molecule has 0 saturated heterocycles. The van der Waals surface area contributed by atoms with Gasteiger partial charge in [0.1, 0.15) is 23.2 Å². The van der Waals surface area contributed by atoms with Gasteiger partial charge in [0.15, 0.2) is 0 Å². The van der Waals surface area contributed by atoms with Crippen LogP contribution >= 0.6 is 11.6 Å². The number of aromatic nitrogens is 2. The summed E-state index contributed by atoms with van der Waals surface area (Å²) >= 11 is 5.75. The third-order valence-corrected chi connectivity index (χ3v) is 4.74. The molecular weight excluding hydrogens is 355 g/mol. The van der Waals surface area contributed by atoms with Crippen LogP contribution < -0.4 is 10.6 Å². The SMILES string of the molecule is Cc1nc(NC2CCCCCC2)cc(C(=O)Nc2ccc(F)c(Cl)c2)n1. The Morgan fingerprint density at radius 2 is 1.88 bits per heavy atom. The van der Waals surface area contributed by atoms with Crippen LogP contribution in [0.2, 0.25) is 5.02 Å². The van der Waals surface area contributed by atoms with Gasteiger partial charge in [-0.2, -0.15) is 0 Å². The quantitative estimate of drug-likeness (QED) is 0.740.